The van der Waals surface area contributed by atoms with E-state index in [2.05, 4.69) is 21.4 Å². The number of amides is 2. The summed E-state index contributed by atoms with van der Waals surface area (Å²) in [5.41, 5.74) is 3.34. The highest BCUT2D eigenvalue weighted by atomic mass is 16.3. The van der Waals surface area contributed by atoms with Crippen LogP contribution in [0.25, 0.3) is 0 Å². The first-order valence-corrected chi connectivity index (χ1v) is 10.3. The van der Waals surface area contributed by atoms with Gasteiger partial charge in [-0.3, -0.25) is 9.59 Å². The van der Waals surface area contributed by atoms with Crippen LogP contribution in [-0.2, 0) is 17.8 Å². The van der Waals surface area contributed by atoms with Gasteiger partial charge in [-0.15, -0.1) is 0 Å². The van der Waals surface area contributed by atoms with Crippen LogP contribution in [0.1, 0.15) is 27.6 Å². The second kappa shape index (κ2) is 7.55. The molecule has 2 aliphatic heterocycles. The van der Waals surface area contributed by atoms with Crippen molar-refractivity contribution in [2.45, 2.75) is 19.1 Å². The van der Waals surface area contributed by atoms with E-state index < -0.39 is 12.0 Å². The number of nitrogens with zero attached hydrogens (tertiary/aromatic N) is 4. The standard InChI is InChI=1S/C23H23N5O3/c1-26-10-9-16-13-17(7-8-18(16)23(26)31)27-11-12-28-20(27)14-19(25-28)24-22(30)21(29)15-5-3-2-4-6-15/h2-8,13-14,21,29H,9-12H2,1H3,(H,24,25,30). The third kappa shape index (κ3) is 3.44. The second-order valence-corrected chi connectivity index (χ2v) is 7.88. The lowest BCUT2D eigenvalue weighted by Gasteiger charge is -2.26. The fraction of sp³-hybridized carbons (Fsp3) is 0.261. The minimum absolute atomic E-state index is 0.0567. The lowest BCUT2D eigenvalue weighted by atomic mass is 9.98. The third-order valence-electron chi connectivity index (χ3n) is 5.88. The predicted molar refractivity (Wildman–Crippen MR) is 116 cm³/mol. The Morgan fingerprint density at radius 1 is 1.10 bits per heavy atom. The van der Waals surface area contributed by atoms with E-state index in [-0.39, 0.29) is 5.91 Å². The monoisotopic (exact) mass is 417 g/mol. The summed E-state index contributed by atoms with van der Waals surface area (Å²) >= 11 is 0. The third-order valence-corrected chi connectivity index (χ3v) is 5.88. The lowest BCUT2D eigenvalue weighted by Crippen LogP contribution is -2.34. The lowest BCUT2D eigenvalue weighted by molar-refractivity contribution is -0.124. The zero-order valence-electron chi connectivity index (χ0n) is 17.2. The highest BCUT2D eigenvalue weighted by Gasteiger charge is 2.27. The highest BCUT2D eigenvalue weighted by Crippen LogP contribution is 2.34. The predicted octanol–water partition coefficient (Wildman–Crippen LogP) is 2.33. The maximum Gasteiger partial charge on any atom is 0.259 e. The van der Waals surface area contributed by atoms with Gasteiger partial charge in [-0.2, -0.15) is 5.10 Å². The Hall–Kier alpha value is -3.65. The molecule has 1 unspecified atom stereocenters. The summed E-state index contributed by atoms with van der Waals surface area (Å²) in [4.78, 5) is 28.7. The molecular formula is C23H23N5O3. The summed E-state index contributed by atoms with van der Waals surface area (Å²) in [6, 6.07) is 16.5. The molecule has 31 heavy (non-hydrogen) atoms. The van der Waals surface area contributed by atoms with Crippen LogP contribution in [0.5, 0.6) is 0 Å². The van der Waals surface area contributed by atoms with E-state index in [4.69, 9.17) is 0 Å². The Balaban J connectivity index is 1.35. The summed E-state index contributed by atoms with van der Waals surface area (Å²) < 4.78 is 1.84. The minimum Gasteiger partial charge on any atom is -0.378 e. The number of fused-ring (bicyclic) bond motifs is 2. The molecule has 2 amide bonds. The molecule has 2 aromatic carbocycles. The van der Waals surface area contributed by atoms with Crippen molar-refractivity contribution in [3.8, 4) is 0 Å². The molecule has 0 saturated carbocycles. The van der Waals surface area contributed by atoms with Gasteiger partial charge in [0.1, 0.15) is 5.82 Å². The maximum atomic E-state index is 12.4. The summed E-state index contributed by atoms with van der Waals surface area (Å²) in [5, 5.41) is 17.5. The first-order valence-electron chi connectivity index (χ1n) is 10.3. The number of carbonyl (C=O) groups excluding carboxylic acids is 2. The Kier molecular flexibility index (Phi) is 4.71. The molecule has 8 heteroatoms. The van der Waals surface area contributed by atoms with Gasteiger partial charge in [0.2, 0.25) is 0 Å². The minimum atomic E-state index is -1.26. The van der Waals surface area contributed by atoms with E-state index in [0.29, 0.717) is 24.5 Å². The van der Waals surface area contributed by atoms with Crippen LogP contribution >= 0.6 is 0 Å². The fourth-order valence-corrected chi connectivity index (χ4v) is 4.16. The van der Waals surface area contributed by atoms with Gasteiger partial charge in [0.25, 0.3) is 11.8 Å². The average Bonchev–Trinajstić information content (AvgIpc) is 3.36. The van der Waals surface area contributed by atoms with E-state index in [1.165, 1.54) is 0 Å². The number of carbonyl (C=O) groups is 2. The van der Waals surface area contributed by atoms with Gasteiger partial charge < -0.3 is 20.2 Å². The highest BCUT2D eigenvalue weighted by molar-refractivity contribution is 5.97. The van der Waals surface area contributed by atoms with Crippen molar-refractivity contribution in [3.05, 3.63) is 71.3 Å². The van der Waals surface area contributed by atoms with Gasteiger partial charge in [0.05, 0.1) is 6.54 Å². The van der Waals surface area contributed by atoms with Crippen LogP contribution in [0.4, 0.5) is 17.3 Å². The molecule has 2 aliphatic rings. The molecule has 0 saturated heterocycles. The van der Waals surface area contributed by atoms with Gasteiger partial charge in [-0.25, -0.2) is 4.68 Å². The number of aliphatic hydroxyl groups is 1. The number of benzene rings is 2. The number of hydrogen-bond donors (Lipinski definition) is 2. The van der Waals surface area contributed by atoms with Crippen molar-refractivity contribution in [2.24, 2.45) is 0 Å². The zero-order valence-corrected chi connectivity index (χ0v) is 17.2. The number of aromatic nitrogens is 2. The zero-order chi connectivity index (χ0) is 21.5. The normalized spacial score (nSPS) is 16.1. The van der Waals surface area contributed by atoms with Crippen LogP contribution in [0, 0.1) is 0 Å². The van der Waals surface area contributed by atoms with Crippen molar-refractivity contribution in [1.82, 2.24) is 14.7 Å². The van der Waals surface area contributed by atoms with Gasteiger partial charge in [0, 0.05) is 37.5 Å². The Bertz CT molecular complexity index is 1160. The first-order chi connectivity index (χ1) is 15.0. The molecule has 3 heterocycles. The molecule has 0 spiro atoms. The van der Waals surface area contributed by atoms with E-state index in [1.54, 1.807) is 35.2 Å². The molecule has 0 fully saturated rings. The number of likely N-dealkylation sites (N-methyl/N-ethyl adjacent to an activating group) is 1. The first kappa shape index (κ1) is 19.3. The van der Waals surface area contributed by atoms with Crippen LogP contribution < -0.4 is 10.2 Å². The largest absolute Gasteiger partial charge is 0.378 e. The van der Waals surface area contributed by atoms with Gasteiger partial charge in [-0.05, 0) is 35.7 Å². The molecular weight excluding hydrogens is 394 g/mol. The summed E-state index contributed by atoms with van der Waals surface area (Å²) in [6.07, 6.45) is -0.429. The summed E-state index contributed by atoms with van der Waals surface area (Å²) in [6.45, 7) is 2.16. The van der Waals surface area contributed by atoms with Crippen LogP contribution in [0.3, 0.4) is 0 Å². The Morgan fingerprint density at radius 2 is 1.90 bits per heavy atom. The quantitative estimate of drug-likeness (QED) is 0.680. The SMILES string of the molecule is CN1CCc2cc(N3CCn4nc(NC(=O)C(O)c5ccccc5)cc43)ccc2C1=O. The molecule has 3 aromatic rings. The topological polar surface area (TPSA) is 90.7 Å². The molecule has 0 aliphatic carbocycles. The molecule has 158 valence electrons. The van der Waals surface area contributed by atoms with Crippen molar-refractivity contribution >= 4 is 29.1 Å². The van der Waals surface area contributed by atoms with Crippen LogP contribution in [0.15, 0.2) is 54.6 Å². The molecule has 8 nitrogen and oxygen atoms in total. The molecule has 2 N–H and O–H groups in total. The van der Waals surface area contributed by atoms with Crippen LogP contribution in [0.2, 0.25) is 0 Å². The number of aliphatic hydroxyl groups excluding tert-OH is 1. The Morgan fingerprint density at radius 3 is 2.71 bits per heavy atom. The van der Waals surface area contributed by atoms with E-state index in [9.17, 15) is 14.7 Å². The van der Waals surface area contributed by atoms with Crippen molar-refractivity contribution in [2.75, 3.05) is 30.4 Å². The van der Waals surface area contributed by atoms with Gasteiger partial charge in [-0.1, -0.05) is 30.3 Å². The fourth-order valence-electron chi connectivity index (χ4n) is 4.16. The van der Waals surface area contributed by atoms with Crippen molar-refractivity contribution in [1.29, 1.82) is 0 Å². The smallest absolute Gasteiger partial charge is 0.259 e. The number of rotatable bonds is 4. The molecule has 0 radical (unpaired) electrons. The number of anilines is 3. The van der Waals surface area contributed by atoms with Gasteiger partial charge in [0.15, 0.2) is 11.9 Å². The summed E-state index contributed by atoms with van der Waals surface area (Å²) in [7, 11) is 1.82. The molecule has 1 atom stereocenters. The van der Waals surface area contributed by atoms with Crippen molar-refractivity contribution < 1.29 is 14.7 Å². The van der Waals surface area contributed by atoms with E-state index >= 15 is 0 Å². The van der Waals surface area contributed by atoms with E-state index in [1.807, 2.05) is 29.9 Å². The maximum absolute atomic E-state index is 12.4. The second-order valence-electron chi connectivity index (χ2n) is 7.88. The molecule has 5 rings (SSSR count). The molecule has 1 aromatic heterocycles. The Labute approximate surface area is 179 Å². The van der Waals surface area contributed by atoms with Gasteiger partial charge >= 0.3 is 0 Å². The van der Waals surface area contributed by atoms with Crippen molar-refractivity contribution in [3.63, 3.8) is 0 Å². The van der Waals surface area contributed by atoms with Crippen LogP contribution in [-0.4, -0.2) is 51.7 Å². The molecule has 0 bridgehead atoms. The summed E-state index contributed by atoms with van der Waals surface area (Å²) in [5.74, 6) is 0.797. The number of hydrogen-bond acceptors (Lipinski definition) is 5. The average molecular weight is 417 g/mol. The number of nitrogens with one attached hydrogen (secondary N) is 1. The van der Waals surface area contributed by atoms with E-state index in [0.717, 1.165) is 35.6 Å².